The van der Waals surface area contributed by atoms with Crippen molar-refractivity contribution in [2.45, 2.75) is 50.2 Å². The molecule has 3 amide bonds. The molecule has 252 valence electrons. The fourth-order valence-corrected chi connectivity index (χ4v) is 6.49. The molecule has 6 rings (SSSR count). The van der Waals surface area contributed by atoms with Crippen LogP contribution in [-0.2, 0) is 9.59 Å². The van der Waals surface area contributed by atoms with Crippen LogP contribution in [0, 0.1) is 0 Å². The zero-order valence-corrected chi connectivity index (χ0v) is 26.5. The molecule has 0 radical (unpaired) electrons. The van der Waals surface area contributed by atoms with E-state index in [1.165, 1.54) is 31.5 Å². The number of aromatic nitrogens is 1. The second-order valence-electron chi connectivity index (χ2n) is 12.5. The first-order valence-corrected chi connectivity index (χ1v) is 16.3. The lowest BCUT2D eigenvalue weighted by Gasteiger charge is -2.27. The first-order chi connectivity index (χ1) is 23.2. The van der Waals surface area contributed by atoms with Crippen LogP contribution >= 0.6 is 0 Å². The van der Waals surface area contributed by atoms with Gasteiger partial charge in [-0.15, -0.1) is 0 Å². The van der Waals surface area contributed by atoms with Crippen LogP contribution in [0.2, 0.25) is 0 Å². The smallest absolute Gasteiger partial charge is 0.267 e. The van der Waals surface area contributed by atoms with Crippen molar-refractivity contribution in [3.63, 3.8) is 0 Å². The van der Waals surface area contributed by atoms with Crippen LogP contribution in [0.25, 0.3) is 21.7 Å². The molecule has 12 heteroatoms. The number of anilines is 1. The lowest BCUT2D eigenvalue weighted by molar-refractivity contribution is -0.136. The van der Waals surface area contributed by atoms with E-state index in [4.69, 9.17) is 4.74 Å². The predicted molar refractivity (Wildman–Crippen MR) is 178 cm³/mol. The summed E-state index contributed by atoms with van der Waals surface area (Å²) in [6.07, 6.45) is 3.27. The number of benzene rings is 3. The zero-order chi connectivity index (χ0) is 33.7. The fourth-order valence-electron chi connectivity index (χ4n) is 6.49. The van der Waals surface area contributed by atoms with Gasteiger partial charge in [0.2, 0.25) is 5.91 Å². The van der Waals surface area contributed by atoms with Gasteiger partial charge in [0.25, 0.3) is 17.7 Å². The number of carbonyl (C=O) groups is 3. The van der Waals surface area contributed by atoms with Gasteiger partial charge < -0.3 is 30.3 Å². The Morgan fingerprint density at radius 3 is 2.60 bits per heavy atom. The number of nitrogens with one attached hydrogen (secondary N) is 2. The standard InChI is InChI=1S/C36H39F2N5O5/c37-36(38)21-31(33(45)35(47)41-26-10-9-24-7-2-3-8-25(24)19-26)43(23-36)32(44)22-40-34(46)28-13-14-39-30-12-11-27(20-29(28)30)48-18-6-17-42-15-4-1-5-16-42/h2-3,7-14,19-20,31,33,45H,1,4-6,15-18,21-23H2,(H,40,46)(H,41,47)/t31-,33?/m0/s1. The maximum atomic E-state index is 14.6. The molecule has 0 aliphatic carbocycles. The minimum absolute atomic E-state index is 0.240. The topological polar surface area (TPSA) is 124 Å². The molecule has 2 fully saturated rings. The van der Waals surface area contributed by atoms with E-state index in [1.54, 1.807) is 36.4 Å². The number of carbonyl (C=O) groups excluding carboxylic acids is 3. The van der Waals surface area contributed by atoms with Crippen molar-refractivity contribution in [1.82, 2.24) is 20.1 Å². The van der Waals surface area contributed by atoms with Gasteiger partial charge in [0.1, 0.15) is 5.75 Å². The summed E-state index contributed by atoms with van der Waals surface area (Å²) in [5.74, 6) is -5.10. The molecule has 0 spiro atoms. The van der Waals surface area contributed by atoms with E-state index < -0.39 is 55.3 Å². The van der Waals surface area contributed by atoms with Gasteiger partial charge in [-0.2, -0.15) is 0 Å². The monoisotopic (exact) mass is 659 g/mol. The number of halogens is 2. The average molecular weight is 660 g/mol. The molecule has 3 aromatic carbocycles. The summed E-state index contributed by atoms with van der Waals surface area (Å²) in [6.45, 7) is 2.13. The maximum Gasteiger partial charge on any atom is 0.267 e. The molecule has 0 bridgehead atoms. The molecule has 2 aliphatic rings. The number of alkyl halides is 2. The van der Waals surface area contributed by atoms with Crippen LogP contribution in [0.3, 0.4) is 0 Å². The largest absolute Gasteiger partial charge is 0.494 e. The number of ether oxygens (including phenoxy) is 1. The van der Waals surface area contributed by atoms with Crippen LogP contribution in [0.5, 0.6) is 5.75 Å². The van der Waals surface area contributed by atoms with Crippen LogP contribution in [0.1, 0.15) is 42.5 Å². The first-order valence-electron chi connectivity index (χ1n) is 16.3. The van der Waals surface area contributed by atoms with E-state index >= 15 is 0 Å². The summed E-state index contributed by atoms with van der Waals surface area (Å²) >= 11 is 0. The third kappa shape index (κ3) is 7.88. The third-order valence-corrected chi connectivity index (χ3v) is 8.97. The van der Waals surface area contributed by atoms with Crippen LogP contribution in [-0.4, -0.2) is 95.0 Å². The number of hydrogen-bond donors (Lipinski definition) is 3. The average Bonchev–Trinajstić information content (AvgIpc) is 3.43. The van der Waals surface area contributed by atoms with E-state index in [-0.39, 0.29) is 5.56 Å². The SMILES string of the molecule is O=C(NCC(=O)N1CC(F)(F)C[C@H]1C(O)C(=O)Nc1ccc2ccccc2c1)c1ccnc2ccc(OCCCN3CCCCC3)cc12. The normalized spacial score (nSPS) is 18.5. The van der Waals surface area contributed by atoms with E-state index in [0.717, 1.165) is 41.7 Å². The molecule has 48 heavy (non-hydrogen) atoms. The summed E-state index contributed by atoms with van der Waals surface area (Å²) in [6, 6.07) is 17.9. The second kappa shape index (κ2) is 14.6. The van der Waals surface area contributed by atoms with Gasteiger partial charge in [-0.3, -0.25) is 19.4 Å². The minimum Gasteiger partial charge on any atom is -0.494 e. The quantitative estimate of drug-likeness (QED) is 0.201. The van der Waals surface area contributed by atoms with Crippen molar-refractivity contribution >= 4 is 45.1 Å². The van der Waals surface area contributed by atoms with Crippen molar-refractivity contribution in [2.24, 2.45) is 0 Å². The van der Waals surface area contributed by atoms with Gasteiger partial charge in [0, 0.05) is 30.2 Å². The number of nitrogens with zero attached hydrogens (tertiary/aromatic N) is 3. The lowest BCUT2D eigenvalue weighted by Crippen LogP contribution is -2.50. The number of piperidine rings is 1. The summed E-state index contributed by atoms with van der Waals surface area (Å²) in [5.41, 5.74) is 1.17. The molecule has 3 N–H and O–H groups in total. The van der Waals surface area contributed by atoms with Crippen molar-refractivity contribution in [1.29, 1.82) is 0 Å². The second-order valence-corrected chi connectivity index (χ2v) is 12.5. The molecule has 1 unspecified atom stereocenters. The number of fused-ring (bicyclic) bond motifs is 2. The molecular formula is C36H39F2N5O5. The predicted octanol–water partition coefficient (Wildman–Crippen LogP) is 4.61. The highest BCUT2D eigenvalue weighted by atomic mass is 19.3. The van der Waals surface area contributed by atoms with Crippen molar-refractivity contribution in [3.8, 4) is 5.75 Å². The van der Waals surface area contributed by atoms with Gasteiger partial charge in [-0.1, -0.05) is 36.8 Å². The summed E-state index contributed by atoms with van der Waals surface area (Å²) in [7, 11) is 0. The minimum atomic E-state index is -3.32. The lowest BCUT2D eigenvalue weighted by atomic mass is 10.1. The Morgan fingerprint density at radius 2 is 1.79 bits per heavy atom. The van der Waals surface area contributed by atoms with E-state index in [0.29, 0.717) is 28.9 Å². The van der Waals surface area contributed by atoms with E-state index in [1.807, 2.05) is 24.3 Å². The van der Waals surface area contributed by atoms with Gasteiger partial charge in [0.05, 0.1) is 36.8 Å². The number of rotatable bonds is 11. The number of aliphatic hydroxyl groups is 1. The summed E-state index contributed by atoms with van der Waals surface area (Å²) in [5, 5.41) is 18.2. The van der Waals surface area contributed by atoms with E-state index in [9.17, 15) is 28.3 Å². The van der Waals surface area contributed by atoms with Crippen molar-refractivity contribution in [2.75, 3.05) is 44.6 Å². The van der Waals surface area contributed by atoms with Gasteiger partial charge in [-0.05, 0) is 79.5 Å². The summed E-state index contributed by atoms with van der Waals surface area (Å²) < 4.78 is 35.1. The van der Waals surface area contributed by atoms with Crippen molar-refractivity contribution in [3.05, 3.63) is 78.5 Å². The van der Waals surface area contributed by atoms with Crippen LogP contribution in [0.15, 0.2) is 72.9 Å². The Hall–Kier alpha value is -4.68. The Labute approximate surface area is 277 Å². The third-order valence-electron chi connectivity index (χ3n) is 8.97. The fraction of sp³-hybridized carbons (Fsp3) is 0.389. The summed E-state index contributed by atoms with van der Waals surface area (Å²) in [4.78, 5) is 46.9. The zero-order valence-electron chi connectivity index (χ0n) is 26.5. The van der Waals surface area contributed by atoms with Gasteiger partial charge in [0.15, 0.2) is 6.10 Å². The molecule has 1 aromatic heterocycles. The highest BCUT2D eigenvalue weighted by Gasteiger charge is 2.51. The molecule has 10 nitrogen and oxygen atoms in total. The molecule has 2 saturated heterocycles. The van der Waals surface area contributed by atoms with E-state index in [2.05, 4.69) is 20.5 Å². The van der Waals surface area contributed by atoms with Gasteiger partial charge in [-0.25, -0.2) is 8.78 Å². The Balaban J connectivity index is 1.07. The first kappa shape index (κ1) is 33.2. The number of hydrogen-bond acceptors (Lipinski definition) is 7. The highest BCUT2D eigenvalue weighted by molar-refractivity contribution is 6.07. The molecule has 3 heterocycles. The Bertz CT molecular complexity index is 1800. The molecule has 4 aromatic rings. The highest BCUT2D eigenvalue weighted by Crippen LogP contribution is 2.34. The van der Waals surface area contributed by atoms with Crippen LogP contribution < -0.4 is 15.4 Å². The number of pyridine rings is 1. The molecule has 0 saturated carbocycles. The Morgan fingerprint density at radius 1 is 1.00 bits per heavy atom. The van der Waals surface area contributed by atoms with Crippen LogP contribution in [0.4, 0.5) is 14.5 Å². The van der Waals surface area contributed by atoms with Gasteiger partial charge >= 0.3 is 0 Å². The molecular weight excluding hydrogens is 620 g/mol. The van der Waals surface area contributed by atoms with Crippen molar-refractivity contribution < 1.29 is 33.0 Å². The number of amides is 3. The number of likely N-dealkylation sites (tertiary alicyclic amines) is 2. The maximum absolute atomic E-state index is 14.6. The molecule has 2 aliphatic heterocycles. The molecule has 2 atom stereocenters. The Kier molecular flexibility index (Phi) is 10.1. The number of aliphatic hydroxyl groups excluding tert-OH is 1.